The van der Waals surface area contributed by atoms with Crippen molar-refractivity contribution in [2.75, 3.05) is 24.2 Å². The van der Waals surface area contributed by atoms with Gasteiger partial charge in [-0.25, -0.2) is 4.98 Å². The minimum absolute atomic E-state index is 0.0810. The lowest BCUT2D eigenvalue weighted by molar-refractivity contribution is -0.384. The quantitative estimate of drug-likeness (QED) is 0.622. The van der Waals surface area contributed by atoms with Crippen LogP contribution in [-0.2, 0) is 4.74 Å². The van der Waals surface area contributed by atoms with Gasteiger partial charge >= 0.3 is 5.69 Å². The molecule has 0 bridgehead atoms. The molecule has 1 aromatic heterocycles. The summed E-state index contributed by atoms with van der Waals surface area (Å²) >= 11 is 0. The van der Waals surface area contributed by atoms with E-state index in [4.69, 9.17) is 10.5 Å². The van der Waals surface area contributed by atoms with Crippen molar-refractivity contribution in [3.8, 4) is 0 Å². The zero-order valence-corrected chi connectivity index (χ0v) is 10.2. The molecule has 1 atom stereocenters. The first kappa shape index (κ1) is 12.6. The molecule has 0 spiro atoms. The van der Waals surface area contributed by atoms with Gasteiger partial charge in [-0.05, 0) is 25.8 Å². The highest BCUT2D eigenvalue weighted by atomic mass is 16.6. The van der Waals surface area contributed by atoms with E-state index < -0.39 is 4.92 Å². The lowest BCUT2D eigenvalue weighted by atomic mass is 10.0. The second-order valence-electron chi connectivity index (χ2n) is 4.61. The number of anilines is 2. The zero-order valence-electron chi connectivity index (χ0n) is 10.2. The van der Waals surface area contributed by atoms with Crippen molar-refractivity contribution in [1.82, 2.24) is 4.98 Å². The predicted octanol–water partition coefficient (Wildman–Crippen LogP) is 1.55. The molecule has 0 aromatic carbocycles. The van der Waals surface area contributed by atoms with Gasteiger partial charge in [-0.3, -0.25) is 10.1 Å². The molecular weight excluding hydrogens is 236 g/mol. The largest absolute Gasteiger partial charge is 0.378 e. The predicted molar refractivity (Wildman–Crippen MR) is 67.4 cm³/mol. The second-order valence-corrected chi connectivity index (χ2v) is 4.61. The normalized spacial score (nSPS) is 22.9. The Morgan fingerprint density at radius 3 is 3.00 bits per heavy atom. The Hall–Kier alpha value is -1.89. The third-order valence-corrected chi connectivity index (χ3v) is 3.04. The minimum Gasteiger partial charge on any atom is -0.378 e. The number of nitrogens with one attached hydrogen (secondary N) is 1. The van der Waals surface area contributed by atoms with Crippen LogP contribution < -0.4 is 11.1 Å². The van der Waals surface area contributed by atoms with Crippen LogP contribution in [0.4, 0.5) is 17.3 Å². The summed E-state index contributed by atoms with van der Waals surface area (Å²) in [7, 11) is 0. The first-order valence-corrected chi connectivity index (χ1v) is 5.79. The van der Waals surface area contributed by atoms with Crippen LogP contribution in [0.2, 0.25) is 0 Å². The van der Waals surface area contributed by atoms with Crippen LogP contribution in [0, 0.1) is 10.1 Å². The number of rotatable bonds is 4. The molecule has 7 nitrogen and oxygen atoms in total. The first-order chi connectivity index (χ1) is 8.50. The van der Waals surface area contributed by atoms with E-state index in [1.807, 2.05) is 6.92 Å². The highest BCUT2D eigenvalue weighted by molar-refractivity contribution is 5.57. The molecule has 1 fully saturated rings. The Morgan fingerprint density at radius 1 is 1.67 bits per heavy atom. The lowest BCUT2D eigenvalue weighted by Gasteiger charge is -2.23. The molecule has 1 unspecified atom stereocenters. The zero-order chi connectivity index (χ0) is 13.2. The van der Waals surface area contributed by atoms with Crippen LogP contribution in [0.5, 0.6) is 0 Å². The highest BCUT2D eigenvalue weighted by Crippen LogP contribution is 2.26. The van der Waals surface area contributed by atoms with Crippen LogP contribution in [0.25, 0.3) is 0 Å². The second kappa shape index (κ2) is 4.77. The van der Waals surface area contributed by atoms with E-state index in [9.17, 15) is 10.1 Å². The smallest absolute Gasteiger partial charge is 0.311 e. The summed E-state index contributed by atoms with van der Waals surface area (Å²) in [5.74, 6) is 0.442. The highest BCUT2D eigenvalue weighted by Gasteiger charge is 2.29. The van der Waals surface area contributed by atoms with Gasteiger partial charge in [0.25, 0.3) is 0 Å². The Bertz CT molecular complexity index is 458. The van der Waals surface area contributed by atoms with Crippen LogP contribution >= 0.6 is 0 Å². The molecule has 0 amide bonds. The average Bonchev–Trinajstić information content (AvgIpc) is 2.74. The Balaban J connectivity index is 2.02. The van der Waals surface area contributed by atoms with E-state index in [1.54, 1.807) is 6.07 Å². The summed E-state index contributed by atoms with van der Waals surface area (Å²) in [6.07, 6.45) is 2.04. The van der Waals surface area contributed by atoms with Gasteiger partial charge in [-0.1, -0.05) is 0 Å². The summed E-state index contributed by atoms with van der Waals surface area (Å²) in [5, 5.41) is 13.7. The van der Waals surface area contributed by atoms with E-state index in [-0.39, 0.29) is 17.1 Å². The Kier molecular flexibility index (Phi) is 3.33. The molecule has 0 saturated carbocycles. The van der Waals surface area contributed by atoms with Crippen molar-refractivity contribution in [3.05, 3.63) is 22.2 Å². The van der Waals surface area contributed by atoms with E-state index in [0.29, 0.717) is 12.4 Å². The molecule has 0 aliphatic carbocycles. The maximum atomic E-state index is 10.6. The Morgan fingerprint density at radius 2 is 2.44 bits per heavy atom. The number of nitrogens with two attached hydrogens (primary N) is 1. The number of hydrogen-bond acceptors (Lipinski definition) is 6. The number of nitro groups is 1. The van der Waals surface area contributed by atoms with Crippen LogP contribution in [-0.4, -0.2) is 28.7 Å². The van der Waals surface area contributed by atoms with E-state index in [0.717, 1.165) is 19.4 Å². The van der Waals surface area contributed by atoms with Crippen LogP contribution in [0.15, 0.2) is 12.1 Å². The third-order valence-electron chi connectivity index (χ3n) is 3.04. The number of pyridine rings is 1. The molecule has 2 rings (SSSR count). The standard InChI is InChI=1S/C11H16N4O3/c1-11(5-2-6-18-11)7-13-9-4-3-8(15(16)17)10(12)14-9/h3-4H,2,5-7H2,1H3,(H3,12,13,14). The molecule has 98 valence electrons. The number of nitrogen functional groups attached to an aromatic ring is 1. The molecule has 18 heavy (non-hydrogen) atoms. The summed E-state index contributed by atoms with van der Waals surface area (Å²) in [5.41, 5.74) is 5.14. The number of hydrogen-bond donors (Lipinski definition) is 2. The molecule has 1 saturated heterocycles. The number of nitrogens with zero attached hydrogens (tertiary/aromatic N) is 2. The van der Waals surface area contributed by atoms with Crippen molar-refractivity contribution in [1.29, 1.82) is 0 Å². The number of ether oxygens (including phenoxy) is 1. The summed E-state index contributed by atoms with van der Waals surface area (Å²) < 4.78 is 5.62. The van der Waals surface area contributed by atoms with Crippen molar-refractivity contribution in [3.63, 3.8) is 0 Å². The molecule has 1 aliphatic heterocycles. The van der Waals surface area contributed by atoms with Gasteiger partial charge in [0.1, 0.15) is 5.82 Å². The van der Waals surface area contributed by atoms with E-state index >= 15 is 0 Å². The monoisotopic (exact) mass is 252 g/mol. The van der Waals surface area contributed by atoms with Gasteiger partial charge in [-0.15, -0.1) is 0 Å². The van der Waals surface area contributed by atoms with Crippen molar-refractivity contribution >= 4 is 17.3 Å². The lowest BCUT2D eigenvalue weighted by Crippen LogP contribution is -2.32. The summed E-state index contributed by atoms with van der Waals surface area (Å²) in [6, 6.07) is 2.90. The maximum Gasteiger partial charge on any atom is 0.311 e. The Labute approximate surface area is 104 Å². The maximum absolute atomic E-state index is 10.6. The van der Waals surface area contributed by atoms with Gasteiger partial charge < -0.3 is 15.8 Å². The van der Waals surface area contributed by atoms with Gasteiger partial charge in [0.2, 0.25) is 5.82 Å². The van der Waals surface area contributed by atoms with E-state index in [2.05, 4.69) is 10.3 Å². The molecule has 0 radical (unpaired) electrons. The van der Waals surface area contributed by atoms with E-state index in [1.165, 1.54) is 6.07 Å². The number of aromatic nitrogens is 1. The molecule has 3 N–H and O–H groups in total. The van der Waals surface area contributed by atoms with Gasteiger partial charge in [-0.2, -0.15) is 0 Å². The SMILES string of the molecule is CC1(CNc2ccc([N+](=O)[O-])c(N)n2)CCCO1. The minimum atomic E-state index is -0.548. The molecule has 7 heteroatoms. The van der Waals surface area contributed by atoms with Gasteiger partial charge in [0.15, 0.2) is 0 Å². The molecule has 1 aliphatic rings. The molecule has 1 aromatic rings. The van der Waals surface area contributed by atoms with Crippen LogP contribution in [0.3, 0.4) is 0 Å². The van der Waals surface area contributed by atoms with Gasteiger partial charge in [0.05, 0.1) is 10.5 Å². The fourth-order valence-corrected chi connectivity index (χ4v) is 1.97. The van der Waals surface area contributed by atoms with Crippen molar-refractivity contribution < 1.29 is 9.66 Å². The van der Waals surface area contributed by atoms with Crippen molar-refractivity contribution in [2.24, 2.45) is 0 Å². The van der Waals surface area contributed by atoms with Gasteiger partial charge in [0, 0.05) is 19.2 Å². The summed E-state index contributed by atoms with van der Waals surface area (Å²) in [6.45, 7) is 3.41. The third kappa shape index (κ3) is 2.67. The molecular formula is C11H16N4O3. The average molecular weight is 252 g/mol. The topological polar surface area (TPSA) is 103 Å². The summed E-state index contributed by atoms with van der Waals surface area (Å²) in [4.78, 5) is 14.0. The molecule has 2 heterocycles. The van der Waals surface area contributed by atoms with Crippen LogP contribution in [0.1, 0.15) is 19.8 Å². The fraction of sp³-hybridized carbons (Fsp3) is 0.545. The first-order valence-electron chi connectivity index (χ1n) is 5.79. The fourth-order valence-electron chi connectivity index (χ4n) is 1.97. The van der Waals surface area contributed by atoms with Crippen molar-refractivity contribution in [2.45, 2.75) is 25.4 Å².